The van der Waals surface area contributed by atoms with Gasteiger partial charge in [-0.05, 0) is 70.1 Å². The highest BCUT2D eigenvalue weighted by Crippen LogP contribution is 2.48. The van der Waals surface area contributed by atoms with Crippen molar-refractivity contribution in [2.45, 2.75) is 46.0 Å². The number of phenols is 1. The van der Waals surface area contributed by atoms with Crippen LogP contribution in [-0.2, 0) is 0 Å². The molecule has 1 saturated carbocycles. The highest BCUT2D eigenvalue weighted by molar-refractivity contribution is 9.11. The molecular weight excluding hydrogens is 368 g/mol. The maximum atomic E-state index is 10.4. The number of hydrogen-bond donors (Lipinski definition) is 1. The van der Waals surface area contributed by atoms with E-state index in [1.165, 1.54) is 19.3 Å². The molecule has 1 aliphatic carbocycles. The highest BCUT2D eigenvalue weighted by Gasteiger charge is 2.33. The van der Waals surface area contributed by atoms with Crippen molar-refractivity contribution < 1.29 is 5.11 Å². The Bertz CT molecular complexity index is 456. The predicted octanol–water partition coefficient (Wildman–Crippen LogP) is 6.09. The first-order chi connectivity index (χ1) is 8.90. The van der Waals surface area contributed by atoms with Crippen LogP contribution < -0.4 is 0 Å². The third kappa shape index (κ3) is 3.36. The van der Waals surface area contributed by atoms with E-state index in [1.54, 1.807) is 0 Å². The zero-order chi connectivity index (χ0) is 14.2. The maximum absolute atomic E-state index is 10.4. The number of phenolic OH excluding ortho intramolecular Hbond substituents is 1. The molecule has 19 heavy (non-hydrogen) atoms. The van der Waals surface area contributed by atoms with Gasteiger partial charge in [0.15, 0.2) is 0 Å². The monoisotopic (exact) mass is 388 g/mol. The Kier molecular flexibility index (Phi) is 4.99. The van der Waals surface area contributed by atoms with E-state index in [9.17, 15) is 5.11 Å². The van der Waals surface area contributed by atoms with Crippen molar-refractivity contribution in [1.29, 1.82) is 0 Å². The molecule has 1 nitrogen and oxygen atoms in total. The average molecular weight is 390 g/mol. The second-order valence-corrected chi connectivity index (χ2v) is 8.03. The van der Waals surface area contributed by atoms with Gasteiger partial charge in [-0.3, -0.25) is 0 Å². The lowest BCUT2D eigenvalue weighted by Crippen LogP contribution is -2.26. The van der Waals surface area contributed by atoms with Crippen LogP contribution in [0.15, 0.2) is 21.1 Å². The van der Waals surface area contributed by atoms with E-state index < -0.39 is 0 Å². The normalized spacial score (nSPS) is 27.8. The van der Waals surface area contributed by atoms with E-state index >= 15 is 0 Å². The molecule has 0 aliphatic heterocycles. The maximum Gasteiger partial charge on any atom is 0.133 e. The van der Waals surface area contributed by atoms with Gasteiger partial charge in [-0.25, -0.2) is 0 Å². The lowest BCUT2D eigenvalue weighted by atomic mass is 9.67. The van der Waals surface area contributed by atoms with E-state index in [1.807, 2.05) is 6.07 Å². The summed E-state index contributed by atoms with van der Waals surface area (Å²) in [6, 6.07) is 4.01. The quantitative estimate of drug-likeness (QED) is 0.648. The summed E-state index contributed by atoms with van der Waals surface area (Å²) in [4.78, 5) is 0. The fourth-order valence-corrected chi connectivity index (χ4v) is 4.69. The lowest BCUT2D eigenvalue weighted by molar-refractivity contribution is 0.194. The molecule has 0 heterocycles. The first-order valence-corrected chi connectivity index (χ1v) is 8.66. The van der Waals surface area contributed by atoms with E-state index in [2.05, 4.69) is 58.7 Å². The van der Waals surface area contributed by atoms with Crippen molar-refractivity contribution in [1.82, 2.24) is 0 Å². The van der Waals surface area contributed by atoms with Crippen molar-refractivity contribution in [2.24, 2.45) is 17.8 Å². The van der Waals surface area contributed by atoms with Gasteiger partial charge in [0.25, 0.3) is 0 Å². The molecule has 1 fully saturated rings. The molecule has 1 aromatic carbocycles. The van der Waals surface area contributed by atoms with E-state index in [0.717, 1.165) is 20.4 Å². The number of aromatic hydroxyl groups is 1. The molecule has 0 amide bonds. The summed E-state index contributed by atoms with van der Waals surface area (Å²) in [7, 11) is 0. The molecule has 3 heteroatoms. The number of benzene rings is 1. The second-order valence-electron chi connectivity index (χ2n) is 6.26. The molecule has 0 aromatic heterocycles. The first-order valence-electron chi connectivity index (χ1n) is 7.08. The molecule has 2 rings (SSSR count). The summed E-state index contributed by atoms with van der Waals surface area (Å²) >= 11 is 7.00. The van der Waals surface area contributed by atoms with Gasteiger partial charge in [-0.2, -0.15) is 0 Å². The van der Waals surface area contributed by atoms with Gasteiger partial charge in [-0.1, -0.05) is 43.1 Å². The summed E-state index contributed by atoms with van der Waals surface area (Å²) in [5.41, 5.74) is 1.10. The zero-order valence-corrected chi connectivity index (χ0v) is 15.0. The summed E-state index contributed by atoms with van der Waals surface area (Å²) in [5.74, 6) is 2.97. The van der Waals surface area contributed by atoms with Crippen LogP contribution in [0, 0.1) is 17.8 Å². The molecule has 3 atom stereocenters. The van der Waals surface area contributed by atoms with Gasteiger partial charge in [-0.15, -0.1) is 0 Å². The van der Waals surface area contributed by atoms with Crippen LogP contribution in [0.2, 0.25) is 0 Å². The van der Waals surface area contributed by atoms with Crippen LogP contribution in [0.25, 0.3) is 0 Å². The van der Waals surface area contributed by atoms with Crippen LogP contribution in [0.3, 0.4) is 0 Å². The van der Waals surface area contributed by atoms with Gasteiger partial charge in [0.2, 0.25) is 0 Å². The van der Waals surface area contributed by atoms with E-state index in [4.69, 9.17) is 0 Å². The van der Waals surface area contributed by atoms with Crippen molar-refractivity contribution in [3.8, 4) is 5.75 Å². The molecule has 0 unspecified atom stereocenters. The minimum Gasteiger partial charge on any atom is -0.506 e. The average Bonchev–Trinajstić information content (AvgIpc) is 2.33. The predicted molar refractivity (Wildman–Crippen MR) is 87.6 cm³/mol. The van der Waals surface area contributed by atoms with Gasteiger partial charge in [0.1, 0.15) is 5.75 Å². The zero-order valence-electron chi connectivity index (χ0n) is 11.8. The summed E-state index contributed by atoms with van der Waals surface area (Å²) in [6.07, 6.45) is 3.77. The Morgan fingerprint density at radius 1 is 1.21 bits per heavy atom. The summed E-state index contributed by atoms with van der Waals surface area (Å²) in [5, 5.41) is 10.4. The molecule has 106 valence electrons. The van der Waals surface area contributed by atoms with Crippen LogP contribution in [0.5, 0.6) is 5.75 Å². The van der Waals surface area contributed by atoms with Crippen LogP contribution >= 0.6 is 31.9 Å². The minimum absolute atomic E-state index is 0.424. The van der Waals surface area contributed by atoms with Crippen molar-refractivity contribution in [3.05, 3.63) is 26.6 Å². The Morgan fingerprint density at radius 3 is 2.53 bits per heavy atom. The Balaban J connectivity index is 2.41. The van der Waals surface area contributed by atoms with Crippen LogP contribution in [-0.4, -0.2) is 5.11 Å². The lowest BCUT2D eigenvalue weighted by Gasteiger charge is -2.38. The van der Waals surface area contributed by atoms with Gasteiger partial charge in [0.05, 0.1) is 4.47 Å². The number of hydrogen-bond acceptors (Lipinski definition) is 1. The van der Waals surface area contributed by atoms with Crippen molar-refractivity contribution in [2.75, 3.05) is 0 Å². The smallest absolute Gasteiger partial charge is 0.133 e. The topological polar surface area (TPSA) is 20.2 Å². The highest BCUT2D eigenvalue weighted by atomic mass is 79.9. The van der Waals surface area contributed by atoms with Crippen LogP contribution in [0.1, 0.15) is 51.5 Å². The minimum atomic E-state index is 0.424. The molecule has 0 saturated heterocycles. The number of halogens is 2. The molecule has 0 spiro atoms. The largest absolute Gasteiger partial charge is 0.506 e. The Morgan fingerprint density at radius 2 is 1.89 bits per heavy atom. The third-order valence-electron chi connectivity index (χ3n) is 4.48. The standard InChI is InChI=1S/C16H22Br2O/c1-9(2)12-5-4-10(3)6-13(12)14-7-11(17)8-15(18)16(14)19/h7-10,12-13,19H,4-6H2,1-3H3/t10-,12+,13-/m0/s1. The first kappa shape index (κ1) is 15.4. The molecule has 0 radical (unpaired) electrons. The van der Waals surface area contributed by atoms with E-state index in [-0.39, 0.29) is 0 Å². The van der Waals surface area contributed by atoms with Crippen molar-refractivity contribution in [3.63, 3.8) is 0 Å². The summed E-state index contributed by atoms with van der Waals surface area (Å²) < 4.78 is 1.82. The second kappa shape index (κ2) is 6.17. The fraction of sp³-hybridized carbons (Fsp3) is 0.625. The molecule has 0 bridgehead atoms. The number of rotatable bonds is 2. The van der Waals surface area contributed by atoms with Crippen molar-refractivity contribution >= 4 is 31.9 Å². The third-order valence-corrected chi connectivity index (χ3v) is 5.54. The molecule has 1 N–H and O–H groups in total. The van der Waals surface area contributed by atoms with Crippen LogP contribution in [0.4, 0.5) is 0 Å². The summed E-state index contributed by atoms with van der Waals surface area (Å²) in [6.45, 7) is 6.93. The molecular formula is C16H22Br2O. The molecule has 1 aliphatic rings. The Hall–Kier alpha value is -0.0200. The van der Waals surface area contributed by atoms with Gasteiger partial charge in [0, 0.05) is 4.47 Å². The Labute approximate surface area is 133 Å². The van der Waals surface area contributed by atoms with Gasteiger partial charge < -0.3 is 5.11 Å². The fourth-order valence-electron chi connectivity index (χ4n) is 3.43. The van der Waals surface area contributed by atoms with E-state index in [0.29, 0.717) is 23.5 Å². The molecule has 1 aromatic rings. The van der Waals surface area contributed by atoms with Gasteiger partial charge >= 0.3 is 0 Å². The SMILES string of the molecule is CC(C)[C@H]1CC[C@H](C)C[C@@H]1c1cc(Br)cc(Br)c1O.